The van der Waals surface area contributed by atoms with Gasteiger partial charge in [0.15, 0.2) is 5.78 Å². The summed E-state index contributed by atoms with van der Waals surface area (Å²) in [5.41, 5.74) is 3.67. The van der Waals surface area contributed by atoms with Crippen LogP contribution in [0.25, 0.3) is 0 Å². The first-order chi connectivity index (χ1) is 9.58. The Morgan fingerprint density at radius 3 is 2.50 bits per heavy atom. The molecule has 1 N–H and O–H groups in total. The Morgan fingerprint density at radius 1 is 1.10 bits per heavy atom. The number of carbonyl (C=O) groups excluding carboxylic acids is 1. The van der Waals surface area contributed by atoms with E-state index >= 15 is 0 Å². The molecule has 102 valence electrons. The lowest BCUT2D eigenvalue weighted by Crippen LogP contribution is -1.97. The summed E-state index contributed by atoms with van der Waals surface area (Å²) in [6.45, 7) is 3.92. The SMILES string of the molecule is Cc1ccc(C(=O)/C=C/Nc2cccc(Cl)c2C)cc1. The highest BCUT2D eigenvalue weighted by atomic mass is 35.5. The molecule has 3 heteroatoms. The highest BCUT2D eigenvalue weighted by Crippen LogP contribution is 2.22. The summed E-state index contributed by atoms with van der Waals surface area (Å²) < 4.78 is 0. The van der Waals surface area contributed by atoms with Crippen molar-refractivity contribution in [1.29, 1.82) is 0 Å². The lowest BCUT2D eigenvalue weighted by atomic mass is 10.1. The van der Waals surface area contributed by atoms with E-state index in [9.17, 15) is 4.79 Å². The number of carbonyl (C=O) groups is 1. The van der Waals surface area contributed by atoms with Crippen molar-refractivity contribution in [2.75, 3.05) is 5.32 Å². The number of hydrogen-bond acceptors (Lipinski definition) is 2. The Kier molecular flexibility index (Phi) is 4.59. The zero-order valence-corrected chi connectivity index (χ0v) is 12.2. The summed E-state index contributed by atoms with van der Waals surface area (Å²) in [6.07, 6.45) is 3.16. The standard InChI is InChI=1S/C17H16ClNO/c1-12-6-8-14(9-7-12)17(20)10-11-19-16-5-3-4-15(18)13(16)2/h3-11,19H,1-2H3/b11-10+. The van der Waals surface area contributed by atoms with Crippen LogP contribution in [0.4, 0.5) is 5.69 Å². The van der Waals surface area contributed by atoms with Crippen molar-refractivity contribution in [3.63, 3.8) is 0 Å². The van der Waals surface area contributed by atoms with Gasteiger partial charge in [-0.1, -0.05) is 47.5 Å². The molecule has 0 heterocycles. The molecule has 0 atom stereocenters. The van der Waals surface area contributed by atoms with Crippen LogP contribution in [-0.4, -0.2) is 5.78 Å². The maximum Gasteiger partial charge on any atom is 0.187 e. The number of allylic oxidation sites excluding steroid dienone is 1. The molecular weight excluding hydrogens is 270 g/mol. The smallest absolute Gasteiger partial charge is 0.187 e. The van der Waals surface area contributed by atoms with Crippen molar-refractivity contribution in [2.45, 2.75) is 13.8 Å². The molecule has 2 aromatic carbocycles. The average molecular weight is 286 g/mol. The Hall–Kier alpha value is -2.06. The molecule has 0 spiro atoms. The van der Waals surface area contributed by atoms with Gasteiger partial charge in [-0.25, -0.2) is 0 Å². The summed E-state index contributed by atoms with van der Waals surface area (Å²) in [6, 6.07) is 13.1. The van der Waals surface area contributed by atoms with Gasteiger partial charge in [-0.2, -0.15) is 0 Å². The Labute approximate surface area is 124 Å². The van der Waals surface area contributed by atoms with E-state index in [1.807, 2.05) is 56.3 Å². The van der Waals surface area contributed by atoms with Gasteiger partial charge in [-0.05, 0) is 31.5 Å². The minimum absolute atomic E-state index is 0.0304. The monoisotopic (exact) mass is 285 g/mol. The van der Waals surface area contributed by atoms with Gasteiger partial charge in [0.25, 0.3) is 0 Å². The summed E-state index contributed by atoms with van der Waals surface area (Å²) >= 11 is 6.03. The highest BCUT2D eigenvalue weighted by molar-refractivity contribution is 6.31. The zero-order chi connectivity index (χ0) is 14.5. The molecule has 0 bridgehead atoms. The van der Waals surface area contributed by atoms with Crippen LogP contribution >= 0.6 is 11.6 Å². The molecule has 0 aliphatic carbocycles. The number of anilines is 1. The van der Waals surface area contributed by atoms with E-state index in [1.165, 1.54) is 6.08 Å². The first-order valence-corrected chi connectivity index (χ1v) is 6.75. The second-order valence-corrected chi connectivity index (χ2v) is 5.03. The van der Waals surface area contributed by atoms with Gasteiger partial charge in [0.05, 0.1) is 0 Å². The van der Waals surface area contributed by atoms with E-state index < -0.39 is 0 Å². The Bertz CT molecular complexity index is 645. The zero-order valence-electron chi connectivity index (χ0n) is 11.5. The first-order valence-electron chi connectivity index (χ1n) is 6.37. The number of rotatable bonds is 4. The van der Waals surface area contributed by atoms with Crippen molar-refractivity contribution in [2.24, 2.45) is 0 Å². The Morgan fingerprint density at radius 2 is 1.80 bits per heavy atom. The molecule has 2 aromatic rings. The van der Waals surface area contributed by atoms with Gasteiger partial charge in [0.2, 0.25) is 0 Å². The molecule has 0 saturated carbocycles. The van der Waals surface area contributed by atoms with Crippen molar-refractivity contribution in [3.8, 4) is 0 Å². The molecule has 0 aliphatic heterocycles. The number of halogens is 1. The highest BCUT2D eigenvalue weighted by Gasteiger charge is 2.02. The fraction of sp³-hybridized carbons (Fsp3) is 0.118. The maximum atomic E-state index is 11.9. The van der Waals surface area contributed by atoms with E-state index in [-0.39, 0.29) is 5.78 Å². The van der Waals surface area contributed by atoms with Gasteiger partial charge >= 0.3 is 0 Å². The summed E-state index contributed by atoms with van der Waals surface area (Å²) in [5.74, 6) is -0.0304. The average Bonchev–Trinajstić information content (AvgIpc) is 2.44. The van der Waals surface area contributed by atoms with E-state index in [2.05, 4.69) is 5.32 Å². The third-order valence-electron chi connectivity index (χ3n) is 3.08. The molecule has 0 aliphatic rings. The lowest BCUT2D eigenvalue weighted by molar-refractivity contribution is 0.104. The molecule has 2 rings (SSSR count). The molecule has 2 nitrogen and oxygen atoms in total. The molecule has 0 amide bonds. The number of benzene rings is 2. The van der Waals surface area contributed by atoms with Crippen molar-refractivity contribution >= 4 is 23.1 Å². The van der Waals surface area contributed by atoms with Crippen molar-refractivity contribution in [3.05, 3.63) is 76.5 Å². The molecule has 0 fully saturated rings. The number of nitrogens with one attached hydrogen (secondary N) is 1. The van der Waals surface area contributed by atoms with Gasteiger partial charge in [0.1, 0.15) is 0 Å². The van der Waals surface area contributed by atoms with E-state index in [0.717, 1.165) is 16.8 Å². The van der Waals surface area contributed by atoms with E-state index in [0.29, 0.717) is 10.6 Å². The normalized spacial score (nSPS) is 10.8. The number of aryl methyl sites for hydroxylation is 1. The van der Waals surface area contributed by atoms with Crippen molar-refractivity contribution < 1.29 is 4.79 Å². The first kappa shape index (κ1) is 14.4. The molecule has 20 heavy (non-hydrogen) atoms. The van der Waals surface area contributed by atoms with Gasteiger partial charge < -0.3 is 5.32 Å². The van der Waals surface area contributed by atoms with Crippen LogP contribution in [0.2, 0.25) is 5.02 Å². The Balaban J connectivity index is 2.05. The largest absolute Gasteiger partial charge is 0.361 e. The van der Waals surface area contributed by atoms with Crippen LogP contribution in [-0.2, 0) is 0 Å². The van der Waals surface area contributed by atoms with Crippen LogP contribution in [0.15, 0.2) is 54.7 Å². The molecule has 0 saturated heterocycles. The van der Waals surface area contributed by atoms with Crippen molar-refractivity contribution in [1.82, 2.24) is 0 Å². The van der Waals surface area contributed by atoms with Crippen LogP contribution in [0.3, 0.4) is 0 Å². The quantitative estimate of drug-likeness (QED) is 0.648. The molecule has 0 unspecified atom stereocenters. The topological polar surface area (TPSA) is 29.1 Å². The maximum absolute atomic E-state index is 11.9. The van der Waals surface area contributed by atoms with Gasteiger partial charge in [-0.15, -0.1) is 0 Å². The second-order valence-electron chi connectivity index (χ2n) is 4.62. The molecular formula is C17H16ClNO. The van der Waals surface area contributed by atoms with E-state index in [4.69, 9.17) is 11.6 Å². The summed E-state index contributed by atoms with van der Waals surface area (Å²) in [5, 5.41) is 3.78. The van der Waals surface area contributed by atoms with Gasteiger partial charge in [-0.3, -0.25) is 4.79 Å². The predicted molar refractivity (Wildman–Crippen MR) is 84.5 cm³/mol. The van der Waals surface area contributed by atoms with Gasteiger partial charge in [0, 0.05) is 28.5 Å². The summed E-state index contributed by atoms with van der Waals surface area (Å²) in [7, 11) is 0. The second kappa shape index (κ2) is 6.40. The lowest BCUT2D eigenvalue weighted by Gasteiger charge is -2.06. The van der Waals surface area contributed by atoms with Crippen LogP contribution in [0, 0.1) is 13.8 Å². The predicted octanol–water partition coefficient (Wildman–Crippen LogP) is 4.77. The molecule has 0 aromatic heterocycles. The minimum atomic E-state index is -0.0304. The molecule has 0 radical (unpaired) electrons. The third kappa shape index (κ3) is 3.49. The number of ketones is 1. The number of hydrogen-bond donors (Lipinski definition) is 1. The minimum Gasteiger partial charge on any atom is -0.361 e. The van der Waals surface area contributed by atoms with Crippen LogP contribution in [0.5, 0.6) is 0 Å². The van der Waals surface area contributed by atoms with E-state index in [1.54, 1.807) is 6.20 Å². The summed E-state index contributed by atoms with van der Waals surface area (Å²) in [4.78, 5) is 11.9. The van der Waals surface area contributed by atoms with Crippen LogP contribution in [0.1, 0.15) is 21.5 Å². The fourth-order valence-electron chi connectivity index (χ4n) is 1.79. The fourth-order valence-corrected chi connectivity index (χ4v) is 1.96. The third-order valence-corrected chi connectivity index (χ3v) is 3.49. The van der Waals surface area contributed by atoms with Crippen LogP contribution < -0.4 is 5.32 Å².